The molecule has 2 aromatic rings. The van der Waals surface area contributed by atoms with Crippen molar-refractivity contribution in [3.8, 4) is 0 Å². The van der Waals surface area contributed by atoms with Gasteiger partial charge in [-0.1, -0.05) is 36.4 Å². The van der Waals surface area contributed by atoms with E-state index >= 15 is 0 Å². The van der Waals surface area contributed by atoms with Crippen LogP contribution in [0.25, 0.3) is 0 Å². The zero-order chi connectivity index (χ0) is 12.8. The maximum atomic E-state index is 3.39. The lowest BCUT2D eigenvalue weighted by atomic mass is 10.3. The van der Waals surface area contributed by atoms with Gasteiger partial charge in [-0.3, -0.25) is 4.31 Å². The highest BCUT2D eigenvalue weighted by atomic mass is 32.2. The molecule has 1 N–H and O–H groups in total. The van der Waals surface area contributed by atoms with Gasteiger partial charge in [-0.2, -0.15) is 0 Å². The van der Waals surface area contributed by atoms with Crippen molar-refractivity contribution in [1.82, 2.24) is 4.72 Å². The van der Waals surface area contributed by atoms with Gasteiger partial charge in [-0.05, 0) is 38.1 Å². The van der Waals surface area contributed by atoms with Gasteiger partial charge in [0.05, 0.1) is 11.4 Å². The van der Waals surface area contributed by atoms with Crippen LogP contribution >= 0.6 is 12.1 Å². The fourth-order valence-electron chi connectivity index (χ4n) is 1.54. The number of nitrogens with zero attached hydrogens (tertiary/aromatic N) is 1. The number of nitrogens with one attached hydrogen (secondary N) is 1. The molecule has 0 fully saturated rings. The number of para-hydroxylation sites is 2. The summed E-state index contributed by atoms with van der Waals surface area (Å²) in [6.07, 6.45) is 0. The van der Waals surface area contributed by atoms with Gasteiger partial charge < -0.3 is 0 Å². The summed E-state index contributed by atoms with van der Waals surface area (Å²) < 4.78 is 5.58. The molecule has 2 aromatic carbocycles. The number of benzene rings is 2. The highest BCUT2D eigenvalue weighted by molar-refractivity contribution is 7.99. The molecule has 0 radical (unpaired) electrons. The summed E-state index contributed by atoms with van der Waals surface area (Å²) in [5.41, 5.74) is 2.34. The number of anilines is 2. The minimum absolute atomic E-state index is 0.435. The van der Waals surface area contributed by atoms with E-state index in [9.17, 15) is 0 Å². The summed E-state index contributed by atoms with van der Waals surface area (Å²) in [7, 11) is 0. The van der Waals surface area contributed by atoms with Gasteiger partial charge in [0.1, 0.15) is 0 Å². The van der Waals surface area contributed by atoms with E-state index < -0.39 is 0 Å². The summed E-state index contributed by atoms with van der Waals surface area (Å²) in [4.78, 5) is 0. The van der Waals surface area contributed by atoms with Crippen molar-refractivity contribution < 1.29 is 0 Å². The highest BCUT2D eigenvalue weighted by Crippen LogP contribution is 2.30. The van der Waals surface area contributed by atoms with Gasteiger partial charge in [0.25, 0.3) is 0 Å². The van der Waals surface area contributed by atoms with Gasteiger partial charge in [0, 0.05) is 18.2 Å². The first kappa shape index (κ1) is 13.0. The quantitative estimate of drug-likeness (QED) is 0.801. The number of hydrogen-bond donors (Lipinski definition) is 1. The monoisotopic (exact) mass is 258 g/mol. The molecular formula is C15H18N2S. The largest absolute Gasteiger partial charge is 0.272 e. The standard InChI is InChI=1S/C15H18N2S/c1-13(2)16-18-17(14-9-5-3-6-10-14)15-11-7-4-8-12-15/h3-13,16H,1-2H3. The Kier molecular flexibility index (Phi) is 4.67. The van der Waals surface area contributed by atoms with Crippen molar-refractivity contribution in [2.75, 3.05) is 4.31 Å². The Morgan fingerprint density at radius 2 is 1.28 bits per heavy atom. The fourth-order valence-corrected chi connectivity index (χ4v) is 2.31. The second kappa shape index (κ2) is 6.47. The second-order valence-corrected chi connectivity index (χ2v) is 5.11. The lowest BCUT2D eigenvalue weighted by molar-refractivity contribution is 0.771. The molecule has 2 nitrogen and oxygen atoms in total. The molecule has 0 amide bonds. The molecule has 0 aliphatic heterocycles. The zero-order valence-corrected chi connectivity index (χ0v) is 11.5. The van der Waals surface area contributed by atoms with Gasteiger partial charge >= 0.3 is 0 Å². The van der Waals surface area contributed by atoms with Crippen LogP contribution in [0.5, 0.6) is 0 Å². The first-order chi connectivity index (χ1) is 8.77. The Hall–Kier alpha value is -1.45. The lowest BCUT2D eigenvalue weighted by Gasteiger charge is -2.24. The normalized spacial score (nSPS) is 10.6. The predicted molar refractivity (Wildman–Crippen MR) is 80.9 cm³/mol. The lowest BCUT2D eigenvalue weighted by Crippen LogP contribution is -2.21. The van der Waals surface area contributed by atoms with E-state index in [0.29, 0.717) is 6.04 Å². The van der Waals surface area contributed by atoms with E-state index in [-0.39, 0.29) is 0 Å². The van der Waals surface area contributed by atoms with E-state index in [1.807, 2.05) is 12.1 Å². The van der Waals surface area contributed by atoms with Crippen molar-refractivity contribution in [3.63, 3.8) is 0 Å². The van der Waals surface area contributed by atoms with Crippen molar-refractivity contribution >= 4 is 23.5 Å². The first-order valence-corrected chi connectivity index (χ1v) is 6.87. The Bertz CT molecular complexity index is 417. The third-order valence-electron chi connectivity index (χ3n) is 2.36. The molecule has 3 heteroatoms. The van der Waals surface area contributed by atoms with Crippen LogP contribution < -0.4 is 9.03 Å². The number of hydrogen-bond acceptors (Lipinski definition) is 3. The van der Waals surface area contributed by atoms with E-state index in [0.717, 1.165) is 0 Å². The molecule has 0 unspecified atom stereocenters. The van der Waals surface area contributed by atoms with Gasteiger partial charge in [0.15, 0.2) is 0 Å². The number of rotatable bonds is 5. The summed E-state index contributed by atoms with van der Waals surface area (Å²) in [6, 6.07) is 21.2. The average molecular weight is 258 g/mol. The van der Waals surface area contributed by atoms with Crippen LogP contribution in [0.15, 0.2) is 60.7 Å². The van der Waals surface area contributed by atoms with Crippen LogP contribution in [0.1, 0.15) is 13.8 Å². The topological polar surface area (TPSA) is 15.3 Å². The predicted octanol–water partition coefficient (Wildman–Crippen LogP) is 4.39. The van der Waals surface area contributed by atoms with Crippen LogP contribution in [-0.4, -0.2) is 6.04 Å². The maximum Gasteiger partial charge on any atom is 0.0537 e. The van der Waals surface area contributed by atoms with Crippen molar-refractivity contribution in [2.24, 2.45) is 0 Å². The molecule has 0 aromatic heterocycles. The minimum Gasteiger partial charge on any atom is -0.272 e. The van der Waals surface area contributed by atoms with E-state index in [1.165, 1.54) is 11.4 Å². The smallest absolute Gasteiger partial charge is 0.0537 e. The molecule has 0 heterocycles. The SMILES string of the molecule is CC(C)NSN(c1ccccc1)c1ccccc1. The van der Waals surface area contributed by atoms with E-state index in [1.54, 1.807) is 12.1 Å². The Morgan fingerprint density at radius 3 is 1.67 bits per heavy atom. The Balaban J connectivity index is 2.24. The average Bonchev–Trinajstić information content (AvgIpc) is 2.41. The van der Waals surface area contributed by atoms with Crippen molar-refractivity contribution in [3.05, 3.63) is 60.7 Å². The molecular weight excluding hydrogens is 240 g/mol. The van der Waals surface area contributed by atoms with E-state index in [2.05, 4.69) is 71.4 Å². The molecule has 0 saturated carbocycles. The van der Waals surface area contributed by atoms with Crippen molar-refractivity contribution in [2.45, 2.75) is 19.9 Å². The van der Waals surface area contributed by atoms with Crippen LogP contribution in [0.4, 0.5) is 11.4 Å². The van der Waals surface area contributed by atoms with Crippen molar-refractivity contribution in [1.29, 1.82) is 0 Å². The minimum atomic E-state index is 0.435. The van der Waals surface area contributed by atoms with Gasteiger partial charge in [-0.15, -0.1) is 0 Å². The summed E-state index contributed by atoms with van der Waals surface area (Å²) >= 11 is 1.62. The summed E-state index contributed by atoms with van der Waals surface area (Å²) in [5, 5.41) is 0. The molecule has 0 aliphatic carbocycles. The molecule has 0 aliphatic rings. The van der Waals surface area contributed by atoms with Crippen LogP contribution in [0, 0.1) is 0 Å². The Morgan fingerprint density at radius 1 is 0.833 bits per heavy atom. The third-order valence-corrected chi connectivity index (χ3v) is 3.54. The first-order valence-electron chi connectivity index (χ1n) is 6.10. The molecule has 18 heavy (non-hydrogen) atoms. The molecule has 2 rings (SSSR count). The Labute approximate surface area is 113 Å². The fraction of sp³-hybridized carbons (Fsp3) is 0.200. The van der Waals surface area contributed by atoms with Crippen LogP contribution in [0.3, 0.4) is 0 Å². The third kappa shape index (κ3) is 3.52. The highest BCUT2D eigenvalue weighted by Gasteiger charge is 2.09. The molecule has 0 atom stereocenters. The second-order valence-electron chi connectivity index (χ2n) is 4.33. The zero-order valence-electron chi connectivity index (χ0n) is 10.7. The molecule has 0 saturated heterocycles. The summed E-state index contributed by atoms with van der Waals surface area (Å²) in [5.74, 6) is 0. The van der Waals surface area contributed by atoms with Gasteiger partial charge in [0.2, 0.25) is 0 Å². The van der Waals surface area contributed by atoms with Crippen LogP contribution in [0.2, 0.25) is 0 Å². The maximum absolute atomic E-state index is 3.39. The molecule has 94 valence electrons. The molecule has 0 spiro atoms. The summed E-state index contributed by atoms with van der Waals surface area (Å²) in [6.45, 7) is 4.28. The van der Waals surface area contributed by atoms with Gasteiger partial charge in [-0.25, -0.2) is 4.72 Å². The van der Waals surface area contributed by atoms with Crippen LogP contribution in [-0.2, 0) is 0 Å². The van der Waals surface area contributed by atoms with E-state index in [4.69, 9.17) is 0 Å². The molecule has 0 bridgehead atoms.